The van der Waals surface area contributed by atoms with Crippen LogP contribution in [0.2, 0.25) is 0 Å². The predicted octanol–water partition coefficient (Wildman–Crippen LogP) is 2.76. The van der Waals surface area contributed by atoms with Crippen molar-refractivity contribution in [2.45, 2.75) is 12.8 Å². The summed E-state index contributed by atoms with van der Waals surface area (Å²) in [7, 11) is 1.80. The number of rotatable bonds is 5. The summed E-state index contributed by atoms with van der Waals surface area (Å²) in [5.74, 6) is 0.422. The van der Waals surface area contributed by atoms with Crippen LogP contribution in [0.25, 0.3) is 0 Å². The Labute approximate surface area is 143 Å². The zero-order valence-corrected chi connectivity index (χ0v) is 14.2. The second-order valence-corrected chi connectivity index (χ2v) is 6.08. The summed E-state index contributed by atoms with van der Waals surface area (Å²) in [5.41, 5.74) is 0.809. The van der Waals surface area contributed by atoms with Crippen molar-refractivity contribution in [1.82, 2.24) is 15.1 Å². The Morgan fingerprint density at radius 1 is 1.29 bits per heavy atom. The number of anilines is 1. The minimum atomic E-state index is -0.0841. The highest BCUT2D eigenvalue weighted by molar-refractivity contribution is 5.89. The SMILES string of the molecule is C=CCNC(=O)N(C)CC1CCN(C(=O)Nc2ccccc2)CC1. The smallest absolute Gasteiger partial charge is 0.321 e. The first-order chi connectivity index (χ1) is 11.6. The molecule has 0 unspecified atom stereocenters. The fourth-order valence-electron chi connectivity index (χ4n) is 2.81. The zero-order valence-electron chi connectivity index (χ0n) is 14.2. The van der Waals surface area contributed by atoms with Crippen LogP contribution in [0.5, 0.6) is 0 Å². The standard InChI is InChI=1S/C18H26N4O2/c1-3-11-19-17(23)21(2)14-15-9-12-22(13-10-15)18(24)20-16-7-5-4-6-8-16/h3-8,15H,1,9-14H2,2H3,(H,19,23)(H,20,24). The third-order valence-corrected chi connectivity index (χ3v) is 4.20. The van der Waals surface area contributed by atoms with Crippen LogP contribution >= 0.6 is 0 Å². The van der Waals surface area contributed by atoms with Crippen LogP contribution in [0.1, 0.15) is 12.8 Å². The van der Waals surface area contributed by atoms with Gasteiger partial charge in [-0.3, -0.25) is 0 Å². The zero-order chi connectivity index (χ0) is 17.4. The molecule has 0 aromatic heterocycles. The minimum absolute atomic E-state index is 0.0586. The van der Waals surface area contributed by atoms with E-state index in [1.165, 1.54) is 0 Å². The molecule has 0 atom stereocenters. The number of urea groups is 2. The molecule has 4 amide bonds. The van der Waals surface area contributed by atoms with Gasteiger partial charge in [-0.2, -0.15) is 0 Å². The summed E-state index contributed by atoms with van der Waals surface area (Å²) < 4.78 is 0. The lowest BCUT2D eigenvalue weighted by atomic mass is 9.96. The van der Waals surface area contributed by atoms with Crippen molar-refractivity contribution in [3.63, 3.8) is 0 Å². The Morgan fingerprint density at radius 2 is 1.96 bits per heavy atom. The molecule has 1 aliphatic rings. The van der Waals surface area contributed by atoms with E-state index in [1.54, 1.807) is 18.0 Å². The molecule has 2 rings (SSSR count). The lowest BCUT2D eigenvalue weighted by Gasteiger charge is -2.33. The highest BCUT2D eigenvalue weighted by atomic mass is 16.2. The average Bonchev–Trinajstić information content (AvgIpc) is 2.61. The lowest BCUT2D eigenvalue weighted by molar-refractivity contribution is 0.162. The molecule has 1 fully saturated rings. The van der Waals surface area contributed by atoms with Gasteiger partial charge < -0.3 is 20.4 Å². The molecular formula is C18H26N4O2. The monoisotopic (exact) mass is 330 g/mol. The first-order valence-electron chi connectivity index (χ1n) is 8.31. The summed E-state index contributed by atoms with van der Waals surface area (Å²) in [6, 6.07) is 9.33. The highest BCUT2D eigenvalue weighted by Gasteiger charge is 2.24. The van der Waals surface area contributed by atoms with Crippen LogP contribution in [-0.2, 0) is 0 Å². The molecular weight excluding hydrogens is 304 g/mol. The number of nitrogens with zero attached hydrogens (tertiary/aromatic N) is 2. The van der Waals surface area contributed by atoms with E-state index in [1.807, 2.05) is 35.2 Å². The van der Waals surface area contributed by atoms with Gasteiger partial charge in [0.25, 0.3) is 0 Å². The Hall–Kier alpha value is -2.50. The number of carbonyl (C=O) groups is 2. The number of amides is 4. The molecule has 1 heterocycles. The van der Waals surface area contributed by atoms with Crippen molar-refractivity contribution in [2.24, 2.45) is 5.92 Å². The van der Waals surface area contributed by atoms with Crippen molar-refractivity contribution in [1.29, 1.82) is 0 Å². The van der Waals surface area contributed by atoms with Gasteiger partial charge in [-0.15, -0.1) is 6.58 Å². The molecule has 0 aliphatic carbocycles. The molecule has 0 radical (unpaired) electrons. The fourth-order valence-corrected chi connectivity index (χ4v) is 2.81. The van der Waals surface area contributed by atoms with E-state index in [-0.39, 0.29) is 12.1 Å². The van der Waals surface area contributed by atoms with Crippen molar-refractivity contribution in [2.75, 3.05) is 38.5 Å². The number of nitrogens with one attached hydrogen (secondary N) is 2. The molecule has 130 valence electrons. The van der Waals surface area contributed by atoms with Crippen molar-refractivity contribution >= 4 is 17.7 Å². The third kappa shape index (κ3) is 5.30. The quantitative estimate of drug-likeness (QED) is 0.815. The summed E-state index contributed by atoms with van der Waals surface area (Å²) >= 11 is 0. The Balaban J connectivity index is 1.73. The van der Waals surface area contributed by atoms with E-state index in [9.17, 15) is 9.59 Å². The van der Waals surface area contributed by atoms with Crippen LogP contribution in [0.15, 0.2) is 43.0 Å². The topological polar surface area (TPSA) is 64.7 Å². The first-order valence-corrected chi connectivity index (χ1v) is 8.31. The van der Waals surface area contributed by atoms with Gasteiger partial charge in [0.1, 0.15) is 0 Å². The van der Waals surface area contributed by atoms with Gasteiger partial charge in [0.15, 0.2) is 0 Å². The molecule has 6 nitrogen and oxygen atoms in total. The number of benzene rings is 1. The molecule has 1 aromatic rings. The van der Waals surface area contributed by atoms with Gasteiger partial charge in [-0.25, -0.2) is 9.59 Å². The summed E-state index contributed by atoms with van der Waals surface area (Å²) in [6.45, 7) is 6.19. The number of carbonyl (C=O) groups excluding carboxylic acids is 2. The van der Waals surface area contributed by atoms with Crippen molar-refractivity contribution in [3.05, 3.63) is 43.0 Å². The number of para-hydroxylation sites is 1. The van der Waals surface area contributed by atoms with Crippen LogP contribution in [0, 0.1) is 5.92 Å². The van der Waals surface area contributed by atoms with Gasteiger partial charge in [0, 0.05) is 38.9 Å². The third-order valence-electron chi connectivity index (χ3n) is 4.20. The molecule has 0 saturated carbocycles. The maximum absolute atomic E-state index is 12.3. The van der Waals surface area contributed by atoms with E-state index >= 15 is 0 Å². The van der Waals surface area contributed by atoms with Crippen LogP contribution < -0.4 is 10.6 Å². The normalized spacial score (nSPS) is 14.8. The van der Waals surface area contributed by atoms with Crippen molar-refractivity contribution in [3.8, 4) is 0 Å². The molecule has 6 heteroatoms. The van der Waals surface area contributed by atoms with Crippen LogP contribution in [-0.4, -0.2) is 55.1 Å². The maximum Gasteiger partial charge on any atom is 0.321 e. The van der Waals surface area contributed by atoms with Crippen LogP contribution in [0.3, 0.4) is 0 Å². The second-order valence-electron chi connectivity index (χ2n) is 6.08. The summed E-state index contributed by atoms with van der Waals surface area (Å²) in [5, 5.41) is 5.68. The minimum Gasteiger partial charge on any atom is -0.335 e. The molecule has 2 N–H and O–H groups in total. The van der Waals surface area contributed by atoms with E-state index in [4.69, 9.17) is 0 Å². The van der Waals surface area contributed by atoms with E-state index < -0.39 is 0 Å². The van der Waals surface area contributed by atoms with Gasteiger partial charge in [0.05, 0.1) is 0 Å². The lowest BCUT2D eigenvalue weighted by Crippen LogP contribution is -2.45. The first kappa shape index (κ1) is 17.8. The summed E-state index contributed by atoms with van der Waals surface area (Å²) in [4.78, 5) is 27.6. The number of likely N-dealkylation sites (tertiary alicyclic amines) is 1. The van der Waals surface area contributed by atoms with E-state index in [0.717, 1.165) is 18.5 Å². The predicted molar refractivity (Wildman–Crippen MR) is 96.0 cm³/mol. The van der Waals surface area contributed by atoms with Gasteiger partial charge in [-0.05, 0) is 30.9 Å². The fraction of sp³-hybridized carbons (Fsp3) is 0.444. The average molecular weight is 330 g/mol. The highest BCUT2D eigenvalue weighted by Crippen LogP contribution is 2.19. The Kier molecular flexibility index (Phi) is 6.66. The number of hydrogen-bond acceptors (Lipinski definition) is 2. The Bertz CT molecular complexity index is 553. The molecule has 1 aliphatic heterocycles. The van der Waals surface area contributed by atoms with Gasteiger partial charge >= 0.3 is 12.1 Å². The van der Waals surface area contributed by atoms with E-state index in [2.05, 4.69) is 17.2 Å². The molecule has 0 bridgehead atoms. The molecule has 24 heavy (non-hydrogen) atoms. The largest absolute Gasteiger partial charge is 0.335 e. The molecule has 1 saturated heterocycles. The maximum atomic E-state index is 12.3. The summed E-state index contributed by atoms with van der Waals surface area (Å²) in [6.07, 6.45) is 3.47. The van der Waals surface area contributed by atoms with Crippen molar-refractivity contribution < 1.29 is 9.59 Å². The van der Waals surface area contributed by atoms with Gasteiger partial charge in [-0.1, -0.05) is 24.3 Å². The van der Waals surface area contributed by atoms with Gasteiger partial charge in [0.2, 0.25) is 0 Å². The molecule has 1 aromatic carbocycles. The second kappa shape index (κ2) is 8.96. The van der Waals surface area contributed by atoms with E-state index in [0.29, 0.717) is 32.1 Å². The number of hydrogen-bond donors (Lipinski definition) is 2. The van der Waals surface area contributed by atoms with Crippen LogP contribution in [0.4, 0.5) is 15.3 Å². The Morgan fingerprint density at radius 3 is 2.58 bits per heavy atom. The molecule has 0 spiro atoms. The number of piperidine rings is 1.